The largest absolute Gasteiger partial charge is 0.466 e. The zero-order chi connectivity index (χ0) is 22.4. The lowest BCUT2D eigenvalue weighted by Gasteiger charge is -2.31. The molecule has 164 valence electrons. The summed E-state index contributed by atoms with van der Waals surface area (Å²) in [5, 5.41) is 5.31. The zero-order valence-electron chi connectivity index (χ0n) is 18.5. The number of nitrogens with one attached hydrogen (secondary N) is 1. The molecule has 1 unspecified atom stereocenters. The number of dihydropyridines is 1. The zero-order valence-corrected chi connectivity index (χ0v) is 19.3. The molecule has 0 fully saturated rings. The molecule has 1 N–H and O–H groups in total. The van der Waals surface area contributed by atoms with E-state index in [1.54, 1.807) is 18.3 Å². The van der Waals surface area contributed by atoms with Gasteiger partial charge in [-0.1, -0.05) is 30.3 Å². The molecule has 6 heteroatoms. The fourth-order valence-electron chi connectivity index (χ4n) is 3.98. The van der Waals surface area contributed by atoms with Crippen LogP contribution in [0.2, 0.25) is 0 Å². The number of methoxy groups -OCH3 is 1. The normalized spacial score (nSPS) is 16.2. The maximum atomic E-state index is 13.1. The van der Waals surface area contributed by atoms with E-state index in [0.29, 0.717) is 23.3 Å². The van der Waals surface area contributed by atoms with Crippen LogP contribution >= 0.6 is 11.3 Å². The molecule has 0 aliphatic carbocycles. The van der Waals surface area contributed by atoms with Gasteiger partial charge in [-0.25, -0.2) is 9.59 Å². The lowest BCUT2D eigenvalue weighted by molar-refractivity contribution is -0.139. The van der Waals surface area contributed by atoms with Crippen LogP contribution in [-0.4, -0.2) is 25.7 Å². The van der Waals surface area contributed by atoms with E-state index in [1.807, 2.05) is 43.5 Å². The van der Waals surface area contributed by atoms with Crippen molar-refractivity contribution in [1.29, 1.82) is 0 Å². The fourth-order valence-corrected chi connectivity index (χ4v) is 5.02. The molecule has 1 aliphatic heterocycles. The Morgan fingerprint density at radius 3 is 2.39 bits per heavy atom. The van der Waals surface area contributed by atoms with Gasteiger partial charge >= 0.3 is 11.9 Å². The summed E-state index contributed by atoms with van der Waals surface area (Å²) >= 11 is 1.54. The second-order valence-corrected chi connectivity index (χ2v) is 8.46. The average molecular weight is 440 g/mol. The minimum Gasteiger partial charge on any atom is -0.466 e. The summed E-state index contributed by atoms with van der Waals surface area (Å²) in [5.74, 6) is -1.33. The Hall–Kier alpha value is -2.86. The van der Waals surface area contributed by atoms with Crippen molar-refractivity contribution in [2.75, 3.05) is 13.7 Å². The Morgan fingerprint density at radius 1 is 1.03 bits per heavy atom. The van der Waals surface area contributed by atoms with Crippen molar-refractivity contribution < 1.29 is 19.1 Å². The number of rotatable bonds is 8. The van der Waals surface area contributed by atoms with Crippen molar-refractivity contribution in [2.24, 2.45) is 0 Å². The molecule has 1 aromatic carbocycles. The van der Waals surface area contributed by atoms with Crippen molar-refractivity contribution >= 4 is 23.3 Å². The van der Waals surface area contributed by atoms with E-state index in [-0.39, 0.29) is 6.61 Å². The number of aryl methyl sites for hydroxylation is 2. The molecule has 0 saturated heterocycles. The van der Waals surface area contributed by atoms with Gasteiger partial charge in [0.2, 0.25) is 0 Å². The first kappa shape index (κ1) is 22.8. The molecule has 0 saturated carbocycles. The average Bonchev–Trinajstić information content (AvgIpc) is 3.19. The van der Waals surface area contributed by atoms with E-state index in [2.05, 4.69) is 17.4 Å². The van der Waals surface area contributed by atoms with Gasteiger partial charge in [0.05, 0.1) is 30.8 Å². The van der Waals surface area contributed by atoms with Crippen molar-refractivity contribution in [1.82, 2.24) is 5.32 Å². The summed E-state index contributed by atoms with van der Waals surface area (Å²) in [7, 11) is 1.37. The highest BCUT2D eigenvalue weighted by Crippen LogP contribution is 2.43. The SMILES string of the molecule is CCOC(=O)C1=C(CCCc2ccccc2)NC(C)=C(C(=O)OC)C1c1sccc1C. The number of benzene rings is 1. The molecule has 2 heterocycles. The lowest BCUT2D eigenvalue weighted by Crippen LogP contribution is -2.33. The van der Waals surface area contributed by atoms with Gasteiger partial charge in [-0.15, -0.1) is 11.3 Å². The Kier molecular flexibility index (Phi) is 7.69. The highest BCUT2D eigenvalue weighted by molar-refractivity contribution is 7.10. The summed E-state index contributed by atoms with van der Waals surface area (Å²) in [6.07, 6.45) is 2.44. The van der Waals surface area contributed by atoms with E-state index < -0.39 is 17.9 Å². The third-order valence-corrected chi connectivity index (χ3v) is 6.53. The van der Waals surface area contributed by atoms with Crippen molar-refractivity contribution in [3.05, 3.63) is 80.3 Å². The molecule has 1 aromatic heterocycles. The van der Waals surface area contributed by atoms with Gasteiger partial charge < -0.3 is 14.8 Å². The monoisotopic (exact) mass is 439 g/mol. The third-order valence-electron chi connectivity index (χ3n) is 5.44. The molecular weight excluding hydrogens is 410 g/mol. The first-order valence-corrected chi connectivity index (χ1v) is 11.4. The number of carbonyl (C=O) groups is 2. The number of carbonyl (C=O) groups excluding carboxylic acids is 2. The summed E-state index contributed by atoms with van der Waals surface area (Å²) in [6, 6.07) is 12.3. The third kappa shape index (κ3) is 5.07. The molecule has 5 nitrogen and oxygen atoms in total. The second-order valence-electron chi connectivity index (χ2n) is 7.51. The molecule has 0 radical (unpaired) electrons. The van der Waals surface area contributed by atoms with E-state index in [1.165, 1.54) is 12.7 Å². The number of thiophene rings is 1. The standard InChI is InChI=1S/C25H29NO4S/c1-5-30-25(28)21-19(13-9-12-18-10-7-6-8-11-18)26-17(3)20(24(27)29-4)22(21)23-16(2)14-15-31-23/h6-8,10-11,14-15,22,26H,5,9,12-13H2,1-4H3. The van der Waals surface area contributed by atoms with Crippen LogP contribution in [0, 0.1) is 6.92 Å². The van der Waals surface area contributed by atoms with E-state index >= 15 is 0 Å². The molecular formula is C25H29NO4S. The van der Waals surface area contributed by atoms with E-state index in [0.717, 1.165) is 29.0 Å². The van der Waals surface area contributed by atoms with E-state index in [4.69, 9.17) is 9.47 Å². The van der Waals surface area contributed by atoms with Gasteiger partial charge in [0.25, 0.3) is 0 Å². The van der Waals surface area contributed by atoms with Gasteiger partial charge in [-0.3, -0.25) is 0 Å². The highest BCUT2D eigenvalue weighted by Gasteiger charge is 2.39. The lowest BCUT2D eigenvalue weighted by atomic mass is 9.82. The molecule has 3 rings (SSSR count). The van der Waals surface area contributed by atoms with Crippen LogP contribution in [0.1, 0.15) is 48.6 Å². The second kappa shape index (κ2) is 10.4. The smallest absolute Gasteiger partial charge is 0.336 e. The summed E-state index contributed by atoms with van der Waals surface area (Å²) < 4.78 is 10.5. The minimum atomic E-state index is -0.500. The number of allylic oxidation sites excluding steroid dienone is 2. The summed E-state index contributed by atoms with van der Waals surface area (Å²) in [6.45, 7) is 5.92. The van der Waals surface area contributed by atoms with Crippen LogP contribution in [0.3, 0.4) is 0 Å². The molecule has 0 amide bonds. The minimum absolute atomic E-state index is 0.270. The van der Waals surface area contributed by atoms with Crippen LogP contribution in [-0.2, 0) is 25.5 Å². The molecule has 0 spiro atoms. The molecule has 1 atom stereocenters. The first-order valence-electron chi connectivity index (χ1n) is 10.5. The van der Waals surface area contributed by atoms with Crippen LogP contribution in [0.15, 0.2) is 64.3 Å². The molecule has 0 bridgehead atoms. The maximum Gasteiger partial charge on any atom is 0.336 e. The van der Waals surface area contributed by atoms with Crippen LogP contribution in [0.5, 0.6) is 0 Å². The summed E-state index contributed by atoms with van der Waals surface area (Å²) in [4.78, 5) is 26.8. The predicted molar refractivity (Wildman–Crippen MR) is 123 cm³/mol. The Balaban J connectivity index is 2.02. The predicted octanol–water partition coefficient (Wildman–Crippen LogP) is 5.03. The Bertz CT molecular complexity index is 1000. The van der Waals surface area contributed by atoms with E-state index in [9.17, 15) is 9.59 Å². The molecule has 1 aliphatic rings. The highest BCUT2D eigenvalue weighted by atomic mass is 32.1. The Labute approximate surface area is 187 Å². The van der Waals surface area contributed by atoms with Crippen molar-refractivity contribution in [3.63, 3.8) is 0 Å². The number of hydrogen-bond donors (Lipinski definition) is 1. The Morgan fingerprint density at radius 2 is 1.77 bits per heavy atom. The fraction of sp³-hybridized carbons (Fsp3) is 0.360. The van der Waals surface area contributed by atoms with Gasteiger partial charge in [-0.05, 0) is 62.6 Å². The van der Waals surface area contributed by atoms with Gasteiger partial charge in [0, 0.05) is 16.3 Å². The maximum absolute atomic E-state index is 13.1. The topological polar surface area (TPSA) is 64.6 Å². The van der Waals surface area contributed by atoms with Gasteiger partial charge in [0.15, 0.2) is 0 Å². The van der Waals surface area contributed by atoms with Gasteiger partial charge in [-0.2, -0.15) is 0 Å². The number of esters is 2. The van der Waals surface area contributed by atoms with Crippen molar-refractivity contribution in [3.8, 4) is 0 Å². The first-order chi connectivity index (χ1) is 15.0. The number of hydrogen-bond acceptors (Lipinski definition) is 6. The number of ether oxygens (including phenoxy) is 2. The molecule has 2 aromatic rings. The van der Waals surface area contributed by atoms with Crippen LogP contribution in [0.4, 0.5) is 0 Å². The summed E-state index contributed by atoms with van der Waals surface area (Å²) in [5.41, 5.74) is 4.79. The quantitative estimate of drug-likeness (QED) is 0.585. The van der Waals surface area contributed by atoms with Gasteiger partial charge in [0.1, 0.15) is 0 Å². The van der Waals surface area contributed by atoms with Crippen molar-refractivity contribution in [2.45, 2.75) is 46.0 Å². The van der Waals surface area contributed by atoms with Crippen LogP contribution < -0.4 is 5.32 Å². The molecule has 31 heavy (non-hydrogen) atoms. The van der Waals surface area contributed by atoms with Crippen LogP contribution in [0.25, 0.3) is 0 Å².